The van der Waals surface area contributed by atoms with E-state index in [1.165, 1.54) is 24.8 Å². The smallest absolute Gasteiger partial charge is 0.315 e. The van der Waals surface area contributed by atoms with Crippen LogP contribution in [0.25, 0.3) is 0 Å². The summed E-state index contributed by atoms with van der Waals surface area (Å²) in [6.45, 7) is 5.26. The van der Waals surface area contributed by atoms with Gasteiger partial charge in [0, 0.05) is 25.7 Å². The van der Waals surface area contributed by atoms with Gasteiger partial charge in [0.2, 0.25) is 0 Å². The van der Waals surface area contributed by atoms with E-state index in [1.807, 2.05) is 6.07 Å². The van der Waals surface area contributed by atoms with Crippen molar-refractivity contribution in [2.75, 3.05) is 13.1 Å². The molecule has 0 radical (unpaired) electrons. The molecule has 0 aromatic heterocycles. The summed E-state index contributed by atoms with van der Waals surface area (Å²) in [7, 11) is 0. The van der Waals surface area contributed by atoms with Crippen molar-refractivity contribution in [1.29, 1.82) is 0 Å². The van der Waals surface area contributed by atoms with Gasteiger partial charge in [0.05, 0.1) is 5.60 Å². The minimum atomic E-state index is -0.681. The number of nitrogens with zero attached hydrogens (tertiary/aromatic N) is 1. The monoisotopic (exact) mass is 345 g/mol. The van der Waals surface area contributed by atoms with Gasteiger partial charge < -0.3 is 15.7 Å². The van der Waals surface area contributed by atoms with Crippen LogP contribution in [0.4, 0.5) is 4.79 Å². The molecule has 2 aliphatic rings. The molecule has 2 fully saturated rings. The summed E-state index contributed by atoms with van der Waals surface area (Å²) >= 11 is 0. The van der Waals surface area contributed by atoms with E-state index >= 15 is 0 Å². The number of hydrogen-bond donors (Lipinski definition) is 3. The number of carbonyl (C=O) groups is 1. The van der Waals surface area contributed by atoms with Gasteiger partial charge >= 0.3 is 6.03 Å². The van der Waals surface area contributed by atoms with Gasteiger partial charge in [-0.1, -0.05) is 30.7 Å². The topological polar surface area (TPSA) is 64.6 Å². The molecular weight excluding hydrogens is 314 g/mol. The Bertz CT molecular complexity index is 586. The Morgan fingerprint density at radius 1 is 1.20 bits per heavy atom. The number of hydrogen-bond acceptors (Lipinski definition) is 3. The van der Waals surface area contributed by atoms with E-state index in [-0.39, 0.29) is 6.03 Å². The van der Waals surface area contributed by atoms with Crippen LogP contribution in [0.3, 0.4) is 0 Å². The van der Waals surface area contributed by atoms with Crippen molar-refractivity contribution in [2.24, 2.45) is 0 Å². The second-order valence-corrected chi connectivity index (χ2v) is 7.70. The molecule has 1 unspecified atom stereocenters. The third kappa shape index (κ3) is 4.95. The van der Waals surface area contributed by atoms with Crippen molar-refractivity contribution in [1.82, 2.24) is 15.5 Å². The molecule has 1 aromatic rings. The van der Waals surface area contributed by atoms with Crippen LogP contribution in [0.15, 0.2) is 24.3 Å². The van der Waals surface area contributed by atoms with E-state index < -0.39 is 5.60 Å². The van der Waals surface area contributed by atoms with Gasteiger partial charge in [-0.05, 0) is 56.7 Å². The number of amides is 2. The van der Waals surface area contributed by atoms with Crippen LogP contribution in [0, 0.1) is 0 Å². The fourth-order valence-electron chi connectivity index (χ4n) is 3.74. The maximum absolute atomic E-state index is 12.0. The predicted octanol–water partition coefficient (Wildman–Crippen LogP) is 2.78. The highest BCUT2D eigenvalue weighted by molar-refractivity contribution is 5.74. The lowest BCUT2D eigenvalue weighted by Gasteiger charge is -2.36. The Balaban J connectivity index is 1.51. The molecule has 3 rings (SSSR count). The molecule has 2 amide bonds. The van der Waals surface area contributed by atoms with Crippen molar-refractivity contribution in [2.45, 2.75) is 70.2 Å². The Hall–Kier alpha value is -1.59. The molecule has 3 N–H and O–H groups in total. The molecule has 25 heavy (non-hydrogen) atoms. The summed E-state index contributed by atoms with van der Waals surface area (Å²) in [5.74, 6) is 0. The number of urea groups is 1. The lowest BCUT2D eigenvalue weighted by molar-refractivity contribution is -0.0290. The van der Waals surface area contributed by atoms with Crippen LogP contribution >= 0.6 is 0 Å². The highest BCUT2D eigenvalue weighted by Gasteiger charge is 2.34. The van der Waals surface area contributed by atoms with Crippen LogP contribution in [0.5, 0.6) is 0 Å². The molecule has 1 saturated carbocycles. The molecule has 5 heteroatoms. The lowest BCUT2D eigenvalue weighted by Crippen LogP contribution is -2.50. The van der Waals surface area contributed by atoms with Gasteiger partial charge in [-0.15, -0.1) is 0 Å². The molecule has 0 bridgehead atoms. The molecule has 5 nitrogen and oxygen atoms in total. The number of piperidine rings is 1. The summed E-state index contributed by atoms with van der Waals surface area (Å²) < 4.78 is 0. The first kappa shape index (κ1) is 18.2. The van der Waals surface area contributed by atoms with Gasteiger partial charge in [0.25, 0.3) is 0 Å². The zero-order chi connectivity index (χ0) is 17.7. The number of benzene rings is 1. The lowest BCUT2D eigenvalue weighted by atomic mass is 9.80. The Morgan fingerprint density at radius 2 is 1.96 bits per heavy atom. The van der Waals surface area contributed by atoms with Crippen molar-refractivity contribution in [3.63, 3.8) is 0 Å². The van der Waals surface area contributed by atoms with Gasteiger partial charge in [-0.3, -0.25) is 4.90 Å². The van der Waals surface area contributed by atoms with E-state index in [0.717, 1.165) is 37.9 Å². The third-order valence-corrected chi connectivity index (χ3v) is 5.73. The molecular formula is C20H31N3O2. The summed E-state index contributed by atoms with van der Waals surface area (Å²) in [4.78, 5) is 14.5. The molecule has 1 saturated heterocycles. The zero-order valence-electron chi connectivity index (χ0n) is 15.3. The summed E-state index contributed by atoms with van der Waals surface area (Å²) in [5, 5.41) is 15.8. The third-order valence-electron chi connectivity index (χ3n) is 5.73. The molecule has 1 aliphatic heterocycles. The summed E-state index contributed by atoms with van der Waals surface area (Å²) in [6, 6.07) is 8.76. The summed E-state index contributed by atoms with van der Waals surface area (Å²) in [6.07, 6.45) is 6.48. The van der Waals surface area contributed by atoms with E-state index in [0.29, 0.717) is 19.1 Å². The van der Waals surface area contributed by atoms with Crippen molar-refractivity contribution in [3.05, 3.63) is 35.4 Å². The molecule has 138 valence electrons. The fourth-order valence-corrected chi connectivity index (χ4v) is 3.74. The number of carbonyl (C=O) groups excluding carboxylic acids is 1. The first-order valence-electron chi connectivity index (χ1n) is 9.61. The normalized spacial score (nSPS) is 22.9. The van der Waals surface area contributed by atoms with E-state index in [2.05, 4.69) is 40.7 Å². The molecule has 1 heterocycles. The van der Waals surface area contributed by atoms with Crippen LogP contribution in [-0.4, -0.2) is 40.8 Å². The Kier molecular flexibility index (Phi) is 5.97. The average molecular weight is 345 g/mol. The van der Waals surface area contributed by atoms with Crippen LogP contribution in [0.2, 0.25) is 0 Å². The molecule has 0 spiro atoms. The van der Waals surface area contributed by atoms with Crippen molar-refractivity contribution in [3.8, 4) is 0 Å². The second-order valence-electron chi connectivity index (χ2n) is 7.70. The van der Waals surface area contributed by atoms with E-state index in [1.54, 1.807) is 0 Å². The van der Waals surface area contributed by atoms with Gasteiger partial charge in [0.1, 0.15) is 0 Å². The van der Waals surface area contributed by atoms with E-state index in [9.17, 15) is 9.90 Å². The molecule has 1 aliphatic carbocycles. The fraction of sp³-hybridized carbons (Fsp3) is 0.650. The highest BCUT2D eigenvalue weighted by atomic mass is 16.3. The van der Waals surface area contributed by atoms with Crippen LogP contribution in [0.1, 0.15) is 56.6 Å². The molecule has 1 atom stereocenters. The second kappa shape index (κ2) is 8.19. The maximum Gasteiger partial charge on any atom is 0.315 e. The largest absolute Gasteiger partial charge is 0.388 e. The number of aliphatic hydroxyl groups is 1. The molecule has 1 aromatic carbocycles. The number of rotatable bonds is 6. The van der Waals surface area contributed by atoms with E-state index in [4.69, 9.17) is 0 Å². The first-order valence-corrected chi connectivity index (χ1v) is 9.61. The predicted molar refractivity (Wildman–Crippen MR) is 99.2 cm³/mol. The Labute approximate surface area is 150 Å². The number of nitrogens with one attached hydrogen (secondary N) is 2. The standard InChI is InChI=1S/C20H31N3O2/c1-16-7-4-5-12-23(16)14-18-9-3-2-8-17(18)13-21-19(24)22-15-20(25)10-6-11-20/h2-3,8-9,16,25H,4-7,10-15H2,1H3,(H2,21,22,24). The summed E-state index contributed by atoms with van der Waals surface area (Å²) in [5.41, 5.74) is 1.77. The minimum absolute atomic E-state index is 0.207. The van der Waals surface area contributed by atoms with Crippen LogP contribution < -0.4 is 10.6 Å². The SMILES string of the molecule is CC1CCCCN1Cc1ccccc1CNC(=O)NCC1(O)CCC1. The average Bonchev–Trinajstić information content (AvgIpc) is 2.59. The van der Waals surface area contributed by atoms with Gasteiger partial charge in [-0.25, -0.2) is 4.79 Å². The quantitative estimate of drug-likeness (QED) is 0.743. The van der Waals surface area contributed by atoms with Gasteiger partial charge in [-0.2, -0.15) is 0 Å². The Morgan fingerprint density at radius 3 is 2.64 bits per heavy atom. The van der Waals surface area contributed by atoms with Crippen molar-refractivity contribution < 1.29 is 9.90 Å². The minimum Gasteiger partial charge on any atom is -0.388 e. The highest BCUT2D eigenvalue weighted by Crippen LogP contribution is 2.30. The van der Waals surface area contributed by atoms with Gasteiger partial charge in [0.15, 0.2) is 0 Å². The maximum atomic E-state index is 12.0. The first-order chi connectivity index (χ1) is 12.1. The number of likely N-dealkylation sites (tertiary alicyclic amines) is 1. The van der Waals surface area contributed by atoms with Crippen LogP contribution in [-0.2, 0) is 13.1 Å². The zero-order valence-corrected chi connectivity index (χ0v) is 15.3. The van der Waals surface area contributed by atoms with Crippen molar-refractivity contribution >= 4 is 6.03 Å².